The molecule has 3 N–H and O–H groups in total. The lowest BCUT2D eigenvalue weighted by Gasteiger charge is -2.25. The predicted molar refractivity (Wildman–Crippen MR) is 123 cm³/mol. The van der Waals surface area contributed by atoms with Crippen LogP contribution in [0.4, 0.5) is 0 Å². The summed E-state index contributed by atoms with van der Waals surface area (Å²) in [5.74, 6) is 0.974. The van der Waals surface area contributed by atoms with Crippen molar-refractivity contribution < 1.29 is 9.21 Å². The summed E-state index contributed by atoms with van der Waals surface area (Å²) < 4.78 is 5.18. The van der Waals surface area contributed by atoms with E-state index >= 15 is 0 Å². The maximum Gasteiger partial charge on any atom is 0.287 e. The van der Waals surface area contributed by atoms with Crippen LogP contribution >= 0.6 is 35.3 Å². The van der Waals surface area contributed by atoms with Gasteiger partial charge in [-0.15, -0.1) is 35.3 Å². The van der Waals surface area contributed by atoms with Crippen LogP contribution in [0.25, 0.3) is 0 Å². The molecule has 0 saturated carbocycles. The van der Waals surface area contributed by atoms with Crippen LogP contribution in [0.1, 0.15) is 41.3 Å². The van der Waals surface area contributed by atoms with Gasteiger partial charge in [0, 0.05) is 42.5 Å². The highest BCUT2D eigenvalue weighted by molar-refractivity contribution is 14.0. The zero-order chi connectivity index (χ0) is 19.0. The number of nitrogens with zero attached hydrogens (tertiary/aromatic N) is 1. The summed E-state index contributed by atoms with van der Waals surface area (Å²) in [5.41, 5.74) is 0.888. The van der Waals surface area contributed by atoms with Crippen molar-refractivity contribution in [3.8, 4) is 0 Å². The number of aliphatic imine (C=N–C) groups is 1. The molecular formula is C19H29IN4O2S. The Balaban J connectivity index is 0.00000364. The number of amides is 1. The van der Waals surface area contributed by atoms with Gasteiger partial charge in [0.25, 0.3) is 5.91 Å². The van der Waals surface area contributed by atoms with Crippen LogP contribution in [0, 0.1) is 6.92 Å². The fourth-order valence-electron chi connectivity index (χ4n) is 2.46. The summed E-state index contributed by atoms with van der Waals surface area (Å²) in [6, 6.07) is 6.02. The number of carbonyl (C=O) groups excluding carboxylic acids is 1. The zero-order valence-electron chi connectivity index (χ0n) is 16.3. The second-order valence-electron chi connectivity index (χ2n) is 6.76. The topological polar surface area (TPSA) is 78.7 Å². The molecule has 6 nitrogen and oxygen atoms in total. The van der Waals surface area contributed by atoms with E-state index in [1.807, 2.05) is 6.92 Å². The lowest BCUT2D eigenvalue weighted by atomic mass is 9.91. The van der Waals surface area contributed by atoms with Gasteiger partial charge >= 0.3 is 0 Å². The van der Waals surface area contributed by atoms with E-state index in [1.165, 1.54) is 11.1 Å². The number of halogens is 1. The molecule has 0 aromatic carbocycles. The van der Waals surface area contributed by atoms with Gasteiger partial charge in [0.1, 0.15) is 0 Å². The third-order valence-electron chi connectivity index (χ3n) is 4.11. The molecule has 0 aliphatic carbocycles. The minimum Gasteiger partial charge on any atom is -0.459 e. The van der Waals surface area contributed by atoms with Crippen LogP contribution in [0.5, 0.6) is 0 Å². The minimum absolute atomic E-state index is 0. The number of hydrogen-bond donors (Lipinski definition) is 3. The van der Waals surface area contributed by atoms with Crippen molar-refractivity contribution in [3.63, 3.8) is 0 Å². The maximum absolute atomic E-state index is 11.9. The first-order valence-corrected chi connectivity index (χ1v) is 9.63. The first-order chi connectivity index (χ1) is 12.4. The third-order valence-corrected chi connectivity index (χ3v) is 5.35. The molecule has 2 heterocycles. The van der Waals surface area contributed by atoms with E-state index in [9.17, 15) is 4.79 Å². The SMILES string of the molecule is CN=C(NCCCNC(=O)c1occc1C)NCC(C)(C)c1cccs1.I. The number of hydrogen-bond acceptors (Lipinski definition) is 4. The molecule has 0 fully saturated rings. The van der Waals surface area contributed by atoms with Gasteiger partial charge in [-0.05, 0) is 30.9 Å². The standard InChI is InChI=1S/C19H28N4O2S.HI/c1-14-8-11-25-16(14)17(24)21-9-6-10-22-18(20-4)23-13-19(2,3)15-7-5-12-26-15;/h5,7-8,11-12H,6,9-10,13H2,1-4H3,(H,21,24)(H2,20,22,23);1H. The van der Waals surface area contributed by atoms with Crippen LogP contribution in [0.3, 0.4) is 0 Å². The molecule has 0 spiro atoms. The summed E-state index contributed by atoms with van der Waals surface area (Å²) in [6.07, 6.45) is 2.32. The molecule has 27 heavy (non-hydrogen) atoms. The van der Waals surface area contributed by atoms with Crippen molar-refractivity contribution in [2.24, 2.45) is 4.99 Å². The Morgan fingerprint density at radius 2 is 1.96 bits per heavy atom. The molecule has 0 radical (unpaired) electrons. The Hall–Kier alpha value is -1.55. The monoisotopic (exact) mass is 504 g/mol. The van der Waals surface area contributed by atoms with E-state index in [1.54, 1.807) is 24.5 Å². The van der Waals surface area contributed by atoms with Gasteiger partial charge < -0.3 is 20.4 Å². The van der Waals surface area contributed by atoms with Gasteiger partial charge in [-0.2, -0.15) is 0 Å². The largest absolute Gasteiger partial charge is 0.459 e. The highest BCUT2D eigenvalue weighted by Crippen LogP contribution is 2.26. The second kappa shape index (κ2) is 11.3. The molecule has 2 rings (SSSR count). The number of rotatable bonds is 8. The molecule has 150 valence electrons. The Bertz CT molecular complexity index is 726. The van der Waals surface area contributed by atoms with Crippen LogP contribution in [-0.4, -0.2) is 38.5 Å². The normalized spacial score (nSPS) is 11.6. The molecule has 2 aromatic rings. The van der Waals surface area contributed by atoms with Crippen molar-refractivity contribution in [2.45, 2.75) is 32.6 Å². The predicted octanol–water partition coefficient (Wildman–Crippen LogP) is 3.53. The number of thiophene rings is 1. The summed E-state index contributed by atoms with van der Waals surface area (Å²) in [6.45, 7) is 8.37. The second-order valence-corrected chi connectivity index (χ2v) is 7.70. The van der Waals surface area contributed by atoms with Gasteiger partial charge in [-0.25, -0.2) is 0 Å². The van der Waals surface area contributed by atoms with Gasteiger partial charge in [0.2, 0.25) is 0 Å². The average Bonchev–Trinajstić information content (AvgIpc) is 3.29. The molecule has 0 atom stereocenters. The summed E-state index contributed by atoms with van der Waals surface area (Å²) in [7, 11) is 1.76. The maximum atomic E-state index is 11.9. The number of guanidine groups is 1. The minimum atomic E-state index is -0.173. The molecule has 2 aromatic heterocycles. The fraction of sp³-hybridized carbons (Fsp3) is 0.474. The third kappa shape index (κ3) is 7.17. The van der Waals surface area contributed by atoms with E-state index in [0.29, 0.717) is 12.3 Å². The highest BCUT2D eigenvalue weighted by atomic mass is 127. The van der Waals surface area contributed by atoms with Crippen molar-refractivity contribution >= 4 is 47.2 Å². The van der Waals surface area contributed by atoms with Gasteiger partial charge in [0.15, 0.2) is 11.7 Å². The lowest BCUT2D eigenvalue weighted by molar-refractivity contribution is 0.0925. The van der Waals surface area contributed by atoms with Crippen LogP contribution in [0.15, 0.2) is 39.3 Å². The quantitative estimate of drug-likeness (QED) is 0.223. The Labute approximate surface area is 182 Å². The van der Waals surface area contributed by atoms with Crippen LogP contribution in [-0.2, 0) is 5.41 Å². The lowest BCUT2D eigenvalue weighted by Crippen LogP contribution is -2.43. The number of aryl methyl sites for hydroxylation is 1. The van der Waals surface area contributed by atoms with Crippen molar-refractivity contribution in [1.82, 2.24) is 16.0 Å². The van der Waals surface area contributed by atoms with Crippen LogP contribution in [0.2, 0.25) is 0 Å². The van der Waals surface area contributed by atoms with E-state index in [-0.39, 0.29) is 35.3 Å². The summed E-state index contributed by atoms with van der Waals surface area (Å²) >= 11 is 1.77. The fourth-order valence-corrected chi connectivity index (χ4v) is 3.31. The molecule has 1 amide bonds. The van der Waals surface area contributed by atoms with Crippen molar-refractivity contribution in [3.05, 3.63) is 46.0 Å². The van der Waals surface area contributed by atoms with E-state index in [0.717, 1.165) is 31.0 Å². The summed E-state index contributed by atoms with van der Waals surface area (Å²) in [4.78, 5) is 17.5. The zero-order valence-corrected chi connectivity index (χ0v) is 19.4. The first-order valence-electron chi connectivity index (χ1n) is 8.75. The van der Waals surface area contributed by atoms with Gasteiger partial charge in [0.05, 0.1) is 6.26 Å². The first kappa shape index (κ1) is 23.5. The van der Waals surface area contributed by atoms with Gasteiger partial charge in [-0.3, -0.25) is 9.79 Å². The smallest absolute Gasteiger partial charge is 0.287 e. The van der Waals surface area contributed by atoms with E-state index < -0.39 is 0 Å². The summed E-state index contributed by atoms with van der Waals surface area (Å²) in [5, 5.41) is 11.6. The molecular weight excluding hydrogens is 475 g/mol. The Morgan fingerprint density at radius 3 is 2.56 bits per heavy atom. The van der Waals surface area contributed by atoms with Crippen molar-refractivity contribution in [1.29, 1.82) is 0 Å². The highest BCUT2D eigenvalue weighted by Gasteiger charge is 2.21. The number of carbonyl (C=O) groups is 1. The Morgan fingerprint density at radius 1 is 1.22 bits per heavy atom. The molecule has 0 bridgehead atoms. The molecule has 0 unspecified atom stereocenters. The average molecular weight is 504 g/mol. The van der Waals surface area contributed by atoms with Crippen LogP contribution < -0.4 is 16.0 Å². The van der Waals surface area contributed by atoms with E-state index in [2.05, 4.69) is 52.3 Å². The van der Waals surface area contributed by atoms with Gasteiger partial charge in [-0.1, -0.05) is 19.9 Å². The Kier molecular flexibility index (Phi) is 9.86. The molecule has 8 heteroatoms. The number of furan rings is 1. The van der Waals surface area contributed by atoms with Crippen molar-refractivity contribution in [2.75, 3.05) is 26.7 Å². The van der Waals surface area contributed by atoms with E-state index in [4.69, 9.17) is 4.42 Å². The molecule has 0 aliphatic rings. The molecule has 0 aliphatic heterocycles. The molecule has 0 saturated heterocycles. The number of nitrogens with one attached hydrogen (secondary N) is 3.